The van der Waals surface area contributed by atoms with E-state index in [2.05, 4.69) is 55.5 Å². The first-order chi connectivity index (χ1) is 13.7. The highest BCUT2D eigenvalue weighted by atomic mass is 16.5. The molecule has 0 heterocycles. The van der Waals surface area contributed by atoms with E-state index in [1.165, 1.54) is 32.1 Å². The zero-order valence-electron chi connectivity index (χ0n) is 18.7. The highest BCUT2D eigenvalue weighted by Gasteiger charge is 2.06. The number of unbranched alkanes of at least 4 members (excludes halogenated alkanes) is 7. The molecule has 0 amide bonds. The van der Waals surface area contributed by atoms with Crippen molar-refractivity contribution >= 4 is 5.97 Å². The third-order valence-corrected chi connectivity index (χ3v) is 4.37. The van der Waals surface area contributed by atoms with E-state index in [1.54, 1.807) is 0 Å². The van der Waals surface area contributed by atoms with E-state index >= 15 is 0 Å². The van der Waals surface area contributed by atoms with Crippen LogP contribution in [0.2, 0.25) is 0 Å². The Morgan fingerprint density at radius 2 is 1.04 bits per heavy atom. The van der Waals surface area contributed by atoms with Crippen molar-refractivity contribution in [3.8, 4) is 0 Å². The van der Waals surface area contributed by atoms with Gasteiger partial charge in [0.15, 0.2) is 0 Å². The van der Waals surface area contributed by atoms with Gasteiger partial charge in [0.05, 0.1) is 12.5 Å². The van der Waals surface area contributed by atoms with E-state index in [0.717, 1.165) is 44.9 Å². The molecule has 0 N–H and O–H groups in total. The summed E-state index contributed by atoms with van der Waals surface area (Å²) in [5.41, 5.74) is 0. The van der Waals surface area contributed by atoms with Crippen LogP contribution in [0.3, 0.4) is 0 Å². The summed E-state index contributed by atoms with van der Waals surface area (Å²) in [4.78, 5) is 11.3. The maximum Gasteiger partial charge on any atom is 0.308 e. The summed E-state index contributed by atoms with van der Waals surface area (Å²) >= 11 is 0. The molecule has 0 bridgehead atoms. The summed E-state index contributed by atoms with van der Waals surface area (Å²) in [5.74, 6) is -0.126. The molecule has 160 valence electrons. The zero-order chi connectivity index (χ0) is 20.7. The van der Waals surface area contributed by atoms with Crippen LogP contribution < -0.4 is 0 Å². The molecule has 0 atom stereocenters. The molecular formula is C26H44O2. The van der Waals surface area contributed by atoms with Gasteiger partial charge < -0.3 is 4.74 Å². The van der Waals surface area contributed by atoms with Crippen LogP contribution in [0.5, 0.6) is 0 Å². The number of carbonyl (C=O) groups is 1. The van der Waals surface area contributed by atoms with E-state index in [9.17, 15) is 4.79 Å². The topological polar surface area (TPSA) is 26.3 Å². The fourth-order valence-corrected chi connectivity index (χ4v) is 2.57. The number of ether oxygens (including phenoxy) is 1. The largest absolute Gasteiger partial charge is 0.465 e. The predicted molar refractivity (Wildman–Crippen MR) is 123 cm³/mol. The lowest BCUT2D eigenvalue weighted by Gasteiger charge is -2.05. The van der Waals surface area contributed by atoms with Crippen LogP contribution in [0, 0.1) is 5.92 Å². The maximum absolute atomic E-state index is 11.3. The van der Waals surface area contributed by atoms with Crippen molar-refractivity contribution in [3.63, 3.8) is 0 Å². The summed E-state index contributed by atoms with van der Waals surface area (Å²) in [6.45, 7) is 6.51. The molecule has 0 unspecified atom stereocenters. The van der Waals surface area contributed by atoms with Crippen LogP contribution in [0.1, 0.15) is 97.8 Å². The summed E-state index contributed by atoms with van der Waals surface area (Å²) in [7, 11) is 0. The van der Waals surface area contributed by atoms with Crippen molar-refractivity contribution in [2.45, 2.75) is 97.8 Å². The molecule has 0 radical (unpaired) electrons. The Balaban J connectivity index is 3.38. The van der Waals surface area contributed by atoms with Crippen molar-refractivity contribution < 1.29 is 9.53 Å². The van der Waals surface area contributed by atoms with Crippen molar-refractivity contribution in [1.82, 2.24) is 0 Å². The average Bonchev–Trinajstić information content (AvgIpc) is 2.68. The van der Waals surface area contributed by atoms with Crippen LogP contribution in [-0.2, 0) is 9.53 Å². The zero-order valence-corrected chi connectivity index (χ0v) is 18.7. The van der Waals surface area contributed by atoms with E-state index in [-0.39, 0.29) is 11.9 Å². The van der Waals surface area contributed by atoms with E-state index < -0.39 is 0 Å². The van der Waals surface area contributed by atoms with Crippen LogP contribution in [-0.4, -0.2) is 12.6 Å². The normalized spacial score (nSPS) is 12.4. The van der Waals surface area contributed by atoms with Gasteiger partial charge in [0.25, 0.3) is 0 Å². The Labute approximate surface area is 174 Å². The second-order valence-corrected chi connectivity index (χ2v) is 7.58. The van der Waals surface area contributed by atoms with Gasteiger partial charge in [-0.3, -0.25) is 4.79 Å². The van der Waals surface area contributed by atoms with E-state index in [0.29, 0.717) is 6.61 Å². The SMILES string of the molecule is CCCCC/C=C\CC/C=C\CC/C=C\CC/C=C\CCCOC(=O)C(C)C. The molecule has 0 saturated heterocycles. The van der Waals surface area contributed by atoms with Gasteiger partial charge in [-0.1, -0.05) is 82.2 Å². The van der Waals surface area contributed by atoms with E-state index in [1.807, 2.05) is 13.8 Å². The minimum Gasteiger partial charge on any atom is -0.465 e. The van der Waals surface area contributed by atoms with Crippen molar-refractivity contribution in [3.05, 3.63) is 48.6 Å². The molecule has 28 heavy (non-hydrogen) atoms. The first-order valence-corrected chi connectivity index (χ1v) is 11.4. The Morgan fingerprint density at radius 1 is 0.643 bits per heavy atom. The van der Waals surface area contributed by atoms with Gasteiger partial charge in [-0.2, -0.15) is 0 Å². The molecule has 0 aromatic rings. The second-order valence-electron chi connectivity index (χ2n) is 7.58. The number of hydrogen-bond acceptors (Lipinski definition) is 2. The van der Waals surface area contributed by atoms with Gasteiger partial charge in [-0.05, 0) is 64.2 Å². The first kappa shape index (κ1) is 26.4. The molecule has 0 aliphatic carbocycles. The summed E-state index contributed by atoms with van der Waals surface area (Å²) in [6, 6.07) is 0. The van der Waals surface area contributed by atoms with Gasteiger partial charge in [-0.15, -0.1) is 0 Å². The van der Waals surface area contributed by atoms with Crippen LogP contribution >= 0.6 is 0 Å². The molecule has 0 rings (SSSR count). The van der Waals surface area contributed by atoms with Gasteiger partial charge in [0, 0.05) is 0 Å². The van der Waals surface area contributed by atoms with Crippen molar-refractivity contribution in [2.24, 2.45) is 5.92 Å². The number of allylic oxidation sites excluding steroid dienone is 8. The molecule has 0 fully saturated rings. The average molecular weight is 389 g/mol. The minimum atomic E-state index is -0.0985. The molecular weight excluding hydrogens is 344 g/mol. The molecule has 2 nitrogen and oxygen atoms in total. The summed E-state index contributed by atoms with van der Waals surface area (Å²) in [6.07, 6.45) is 32.2. The molecule has 0 aromatic carbocycles. The van der Waals surface area contributed by atoms with Gasteiger partial charge >= 0.3 is 5.97 Å². The number of rotatable bonds is 18. The smallest absolute Gasteiger partial charge is 0.308 e. The van der Waals surface area contributed by atoms with Gasteiger partial charge in [0.1, 0.15) is 0 Å². The van der Waals surface area contributed by atoms with Crippen molar-refractivity contribution in [1.29, 1.82) is 0 Å². The lowest BCUT2D eigenvalue weighted by molar-refractivity contribution is -0.147. The van der Waals surface area contributed by atoms with Crippen LogP contribution in [0.25, 0.3) is 0 Å². The monoisotopic (exact) mass is 388 g/mol. The molecule has 0 aromatic heterocycles. The molecule has 0 spiro atoms. The third kappa shape index (κ3) is 20.7. The number of hydrogen-bond donors (Lipinski definition) is 0. The van der Waals surface area contributed by atoms with Gasteiger partial charge in [-0.25, -0.2) is 0 Å². The Hall–Kier alpha value is -1.57. The molecule has 0 aliphatic heterocycles. The molecule has 2 heteroatoms. The minimum absolute atomic E-state index is 0.0277. The molecule has 0 saturated carbocycles. The van der Waals surface area contributed by atoms with E-state index in [4.69, 9.17) is 4.74 Å². The number of carbonyl (C=O) groups excluding carboxylic acids is 1. The quantitative estimate of drug-likeness (QED) is 0.135. The van der Waals surface area contributed by atoms with Crippen LogP contribution in [0.15, 0.2) is 48.6 Å². The Bertz CT molecular complexity index is 455. The highest BCUT2D eigenvalue weighted by molar-refractivity contribution is 5.71. The predicted octanol–water partition coefficient (Wildman–Crippen LogP) is 8.11. The maximum atomic E-state index is 11.3. The third-order valence-electron chi connectivity index (χ3n) is 4.37. The lowest BCUT2D eigenvalue weighted by Crippen LogP contribution is -2.12. The van der Waals surface area contributed by atoms with Gasteiger partial charge in [0.2, 0.25) is 0 Å². The summed E-state index contributed by atoms with van der Waals surface area (Å²) < 4.78 is 5.15. The number of esters is 1. The lowest BCUT2D eigenvalue weighted by atomic mass is 10.1. The Morgan fingerprint density at radius 3 is 1.43 bits per heavy atom. The standard InChI is InChI=1S/C26H44O2/c1-4-5-6-7-8-9-10-11-12-13-14-15-16-17-18-19-20-21-22-23-24-28-26(27)25(2)3/h8-9,12-13,16-17,20-21,25H,4-7,10-11,14-15,18-19,22-24H2,1-3H3/b9-8-,13-12-,17-16-,21-20-. The summed E-state index contributed by atoms with van der Waals surface area (Å²) in [5, 5.41) is 0. The Kier molecular flexibility index (Phi) is 20.5. The first-order valence-electron chi connectivity index (χ1n) is 11.4. The second kappa shape index (κ2) is 21.7. The van der Waals surface area contributed by atoms with Crippen LogP contribution in [0.4, 0.5) is 0 Å². The fourth-order valence-electron chi connectivity index (χ4n) is 2.57. The molecule has 0 aliphatic rings. The highest BCUT2D eigenvalue weighted by Crippen LogP contribution is 2.03. The fraction of sp³-hybridized carbons (Fsp3) is 0.654. The van der Waals surface area contributed by atoms with Crippen molar-refractivity contribution in [2.75, 3.05) is 6.61 Å².